The molecule has 1 nitrogen and oxygen atoms in total. The van der Waals surface area contributed by atoms with Crippen LogP contribution in [0.1, 0.15) is 5.56 Å². The van der Waals surface area contributed by atoms with Crippen molar-refractivity contribution in [2.45, 2.75) is 6.92 Å². The van der Waals surface area contributed by atoms with E-state index >= 15 is 0 Å². The highest BCUT2D eigenvalue weighted by atomic mass is 16.3. The van der Waals surface area contributed by atoms with Gasteiger partial charge in [0.2, 0.25) is 0 Å². The smallest absolute Gasteiger partial charge is 0.124 e. The normalized spacial score (nSPS) is 11.0. The lowest BCUT2D eigenvalue weighted by molar-refractivity contribution is 0.481. The van der Waals surface area contributed by atoms with Crippen molar-refractivity contribution in [2.24, 2.45) is 0 Å². The van der Waals surface area contributed by atoms with Gasteiger partial charge in [0.15, 0.2) is 0 Å². The molecule has 0 saturated heterocycles. The maximum absolute atomic E-state index is 11.5. The number of rotatable bonds is 4. The summed E-state index contributed by atoms with van der Waals surface area (Å²) in [6.07, 6.45) is 0. The van der Waals surface area contributed by atoms with E-state index in [1.54, 1.807) is 0 Å². The van der Waals surface area contributed by atoms with Crippen LogP contribution in [0.5, 0.6) is 5.75 Å². The third-order valence-electron chi connectivity index (χ3n) is 6.78. The summed E-state index contributed by atoms with van der Waals surface area (Å²) < 4.78 is 0. The Morgan fingerprint density at radius 3 is 1.22 bits per heavy atom. The molecule has 0 radical (unpaired) electrons. The largest absolute Gasteiger partial charge is 0.507 e. The van der Waals surface area contributed by atoms with Crippen molar-refractivity contribution in [3.05, 3.63) is 139 Å². The Labute approximate surface area is 212 Å². The second-order valence-corrected chi connectivity index (χ2v) is 9.17. The summed E-state index contributed by atoms with van der Waals surface area (Å²) in [4.78, 5) is 0. The van der Waals surface area contributed by atoms with E-state index in [0.717, 1.165) is 55.3 Å². The molecule has 1 heteroatoms. The molecule has 6 aromatic carbocycles. The number of hydrogen-bond donors (Lipinski definition) is 1. The fraction of sp³-hybridized carbons (Fsp3) is 0.0286. The minimum atomic E-state index is 0.304. The lowest BCUT2D eigenvalue weighted by atomic mass is 9.78. The van der Waals surface area contributed by atoms with E-state index in [0.29, 0.717) is 5.75 Å². The van der Waals surface area contributed by atoms with Gasteiger partial charge < -0.3 is 5.11 Å². The third kappa shape index (κ3) is 3.76. The van der Waals surface area contributed by atoms with Gasteiger partial charge in [0, 0.05) is 10.9 Å². The van der Waals surface area contributed by atoms with Gasteiger partial charge in [0.25, 0.3) is 0 Å². The van der Waals surface area contributed by atoms with Crippen molar-refractivity contribution < 1.29 is 5.11 Å². The van der Waals surface area contributed by atoms with Gasteiger partial charge in [-0.15, -0.1) is 0 Å². The fourth-order valence-corrected chi connectivity index (χ4v) is 5.32. The molecular weight excluding hydrogens is 436 g/mol. The molecule has 0 aliphatic carbocycles. The summed E-state index contributed by atoms with van der Waals surface area (Å²) in [5.74, 6) is 0.304. The summed E-state index contributed by atoms with van der Waals surface area (Å²) >= 11 is 0. The molecule has 36 heavy (non-hydrogen) atoms. The zero-order chi connectivity index (χ0) is 24.5. The van der Waals surface area contributed by atoms with Crippen LogP contribution in [0.3, 0.4) is 0 Å². The molecule has 0 aliphatic rings. The van der Waals surface area contributed by atoms with Gasteiger partial charge in [-0.3, -0.25) is 0 Å². The van der Waals surface area contributed by atoms with E-state index in [4.69, 9.17) is 0 Å². The van der Waals surface area contributed by atoms with E-state index in [-0.39, 0.29) is 0 Å². The van der Waals surface area contributed by atoms with Crippen molar-refractivity contribution in [1.29, 1.82) is 0 Å². The maximum atomic E-state index is 11.5. The summed E-state index contributed by atoms with van der Waals surface area (Å²) in [7, 11) is 0. The summed E-state index contributed by atoms with van der Waals surface area (Å²) in [5.41, 5.74) is 9.98. The Kier molecular flexibility index (Phi) is 5.59. The van der Waals surface area contributed by atoms with Crippen molar-refractivity contribution in [3.8, 4) is 50.3 Å². The summed E-state index contributed by atoms with van der Waals surface area (Å²) in [5, 5.41) is 13.4. The molecule has 0 fully saturated rings. The molecule has 0 atom stereocenters. The number of phenols is 1. The second kappa shape index (κ2) is 9.20. The van der Waals surface area contributed by atoms with Crippen molar-refractivity contribution in [3.63, 3.8) is 0 Å². The van der Waals surface area contributed by atoms with Crippen LogP contribution < -0.4 is 0 Å². The second-order valence-electron chi connectivity index (χ2n) is 9.17. The van der Waals surface area contributed by atoms with Crippen LogP contribution in [-0.2, 0) is 0 Å². The Balaban J connectivity index is 1.94. The third-order valence-corrected chi connectivity index (χ3v) is 6.78. The first-order valence-corrected chi connectivity index (χ1v) is 12.3. The van der Waals surface area contributed by atoms with Crippen molar-refractivity contribution in [1.82, 2.24) is 0 Å². The number of benzene rings is 6. The maximum Gasteiger partial charge on any atom is 0.124 e. The first-order valence-electron chi connectivity index (χ1n) is 12.3. The number of aryl methyl sites for hydroxylation is 1. The van der Waals surface area contributed by atoms with Gasteiger partial charge in [-0.05, 0) is 62.9 Å². The molecule has 0 heterocycles. The van der Waals surface area contributed by atoms with E-state index < -0.39 is 0 Å². The first-order chi connectivity index (χ1) is 17.7. The van der Waals surface area contributed by atoms with Crippen LogP contribution in [0.2, 0.25) is 0 Å². The van der Waals surface area contributed by atoms with Crippen molar-refractivity contribution in [2.75, 3.05) is 0 Å². The zero-order valence-corrected chi connectivity index (χ0v) is 20.1. The monoisotopic (exact) mass is 462 g/mol. The van der Waals surface area contributed by atoms with Crippen LogP contribution in [0.4, 0.5) is 0 Å². The molecule has 0 spiro atoms. The number of aromatic hydroxyl groups is 1. The molecule has 1 N–H and O–H groups in total. The van der Waals surface area contributed by atoms with Gasteiger partial charge in [0.1, 0.15) is 5.75 Å². The minimum absolute atomic E-state index is 0.304. The first kappa shape index (κ1) is 21.9. The zero-order valence-electron chi connectivity index (χ0n) is 20.1. The molecule has 0 amide bonds. The highest BCUT2D eigenvalue weighted by Gasteiger charge is 2.25. The van der Waals surface area contributed by atoms with Crippen molar-refractivity contribution >= 4 is 10.8 Å². The molecule has 0 saturated carbocycles. The average molecular weight is 463 g/mol. The molecule has 0 aliphatic heterocycles. The van der Waals surface area contributed by atoms with E-state index in [1.807, 2.05) is 31.2 Å². The predicted octanol–water partition coefficient (Wildman–Crippen LogP) is 9.52. The van der Waals surface area contributed by atoms with Crippen LogP contribution in [0, 0.1) is 6.92 Å². The SMILES string of the molecule is Cc1cc(O)c2c(-c3ccccc3)c(-c3ccccc3)c(-c3ccccc3)c(-c3ccccc3)c2c1. The van der Waals surface area contributed by atoms with Gasteiger partial charge >= 0.3 is 0 Å². The minimum Gasteiger partial charge on any atom is -0.507 e. The topological polar surface area (TPSA) is 20.2 Å². The number of fused-ring (bicyclic) bond motifs is 1. The molecule has 0 unspecified atom stereocenters. The predicted molar refractivity (Wildman–Crippen MR) is 152 cm³/mol. The van der Waals surface area contributed by atoms with Crippen LogP contribution in [0.25, 0.3) is 55.3 Å². The Morgan fingerprint density at radius 2 is 0.778 bits per heavy atom. The van der Waals surface area contributed by atoms with Crippen LogP contribution in [0.15, 0.2) is 133 Å². The fourth-order valence-electron chi connectivity index (χ4n) is 5.32. The molecule has 0 aromatic heterocycles. The Bertz CT molecular complexity index is 1650. The highest BCUT2D eigenvalue weighted by Crippen LogP contribution is 2.52. The summed E-state index contributed by atoms with van der Waals surface area (Å²) in [6.45, 7) is 2.05. The highest BCUT2D eigenvalue weighted by molar-refractivity contribution is 6.19. The van der Waals surface area contributed by atoms with Crippen LogP contribution >= 0.6 is 0 Å². The van der Waals surface area contributed by atoms with E-state index in [1.165, 1.54) is 5.56 Å². The summed E-state index contributed by atoms with van der Waals surface area (Å²) in [6, 6.07) is 46.2. The lowest BCUT2D eigenvalue weighted by Crippen LogP contribution is -1.98. The van der Waals surface area contributed by atoms with Crippen LogP contribution in [-0.4, -0.2) is 5.11 Å². The quantitative estimate of drug-likeness (QED) is 0.276. The Morgan fingerprint density at radius 1 is 0.417 bits per heavy atom. The number of hydrogen-bond acceptors (Lipinski definition) is 1. The van der Waals surface area contributed by atoms with E-state index in [2.05, 4.69) is 109 Å². The molecule has 0 bridgehead atoms. The lowest BCUT2D eigenvalue weighted by Gasteiger charge is -2.25. The Hall–Kier alpha value is -4.62. The van der Waals surface area contributed by atoms with Gasteiger partial charge in [0.05, 0.1) is 0 Å². The molecule has 6 rings (SSSR count). The van der Waals surface area contributed by atoms with Gasteiger partial charge in [-0.2, -0.15) is 0 Å². The van der Waals surface area contributed by atoms with Gasteiger partial charge in [-0.25, -0.2) is 0 Å². The number of phenolic OH excluding ortho intramolecular Hbond substituents is 1. The standard InChI is InChI=1S/C35H26O/c1-24-22-29-31(25-14-6-2-7-15-25)32(26-16-8-3-9-17-26)33(27-18-10-4-11-19-27)34(35(29)30(36)23-24)28-20-12-5-13-21-28/h2-23,36H,1H3. The average Bonchev–Trinajstić information content (AvgIpc) is 2.93. The molecular formula is C35H26O. The molecule has 6 aromatic rings. The van der Waals surface area contributed by atoms with Gasteiger partial charge in [-0.1, -0.05) is 127 Å². The van der Waals surface area contributed by atoms with E-state index in [9.17, 15) is 5.11 Å². The molecule has 172 valence electrons.